The lowest BCUT2D eigenvalue weighted by Crippen LogP contribution is -2.41. The zero-order chi connectivity index (χ0) is 26.0. The molecule has 4 aromatic carbocycles. The van der Waals surface area contributed by atoms with Gasteiger partial charge in [-0.1, -0.05) is 64.5 Å². The average molecular weight is 558 g/mol. The van der Waals surface area contributed by atoms with Crippen molar-refractivity contribution in [1.29, 1.82) is 0 Å². The molecule has 4 aromatic rings. The number of halogens is 1. The molecule has 186 valence electrons. The second kappa shape index (κ2) is 12.5. The Hall–Kier alpha value is -4.43. The molecule has 8 heteroatoms. The first kappa shape index (κ1) is 25.7. The summed E-state index contributed by atoms with van der Waals surface area (Å²) in [6.07, 6.45) is 0.691. The predicted molar refractivity (Wildman–Crippen MR) is 146 cm³/mol. The van der Waals surface area contributed by atoms with Crippen molar-refractivity contribution in [2.24, 2.45) is 0 Å². The van der Waals surface area contributed by atoms with Gasteiger partial charge < -0.3 is 10.1 Å². The Morgan fingerprint density at radius 3 is 2.00 bits per heavy atom. The highest BCUT2D eigenvalue weighted by Gasteiger charge is 2.15. The SMILES string of the molecule is O=C(NNC(=O)c1cc(Br)ccc1OCCc1ccccc1)c1ccc(NC(=O)c2ccccc2)cc1. The van der Waals surface area contributed by atoms with E-state index in [0.717, 1.165) is 5.56 Å². The van der Waals surface area contributed by atoms with Crippen LogP contribution in [0.1, 0.15) is 36.6 Å². The molecule has 4 rings (SSSR count). The Morgan fingerprint density at radius 1 is 0.676 bits per heavy atom. The van der Waals surface area contributed by atoms with Crippen molar-refractivity contribution < 1.29 is 19.1 Å². The fourth-order valence-electron chi connectivity index (χ4n) is 3.48. The van der Waals surface area contributed by atoms with Crippen LogP contribution in [0, 0.1) is 0 Å². The molecule has 0 heterocycles. The summed E-state index contributed by atoms with van der Waals surface area (Å²) in [5, 5.41) is 2.78. The van der Waals surface area contributed by atoms with Crippen LogP contribution in [0.5, 0.6) is 5.75 Å². The molecule has 0 atom stereocenters. The Balaban J connectivity index is 1.32. The first-order valence-corrected chi connectivity index (χ1v) is 12.3. The summed E-state index contributed by atoms with van der Waals surface area (Å²) in [5.41, 5.74) is 7.64. The standard InChI is InChI=1S/C29H24BrN3O4/c30-23-13-16-26(37-18-17-20-7-3-1-4-8-20)25(19-23)29(36)33-32-28(35)22-11-14-24(15-12-22)31-27(34)21-9-5-2-6-10-21/h1-16,19H,17-18H2,(H,31,34)(H,32,35)(H,33,36). The van der Waals surface area contributed by atoms with Crippen molar-refractivity contribution in [2.45, 2.75) is 6.42 Å². The van der Waals surface area contributed by atoms with Crippen LogP contribution in [0.3, 0.4) is 0 Å². The van der Waals surface area contributed by atoms with Gasteiger partial charge >= 0.3 is 0 Å². The summed E-state index contributed by atoms with van der Waals surface area (Å²) in [4.78, 5) is 37.7. The van der Waals surface area contributed by atoms with Crippen molar-refractivity contribution in [3.05, 3.63) is 130 Å². The Kier molecular flexibility index (Phi) is 8.67. The summed E-state index contributed by atoms with van der Waals surface area (Å²) < 4.78 is 6.56. The fourth-order valence-corrected chi connectivity index (χ4v) is 3.84. The lowest BCUT2D eigenvalue weighted by Gasteiger charge is -2.13. The molecular formula is C29H24BrN3O4. The van der Waals surface area contributed by atoms with Crippen LogP contribution in [-0.4, -0.2) is 24.3 Å². The van der Waals surface area contributed by atoms with E-state index in [9.17, 15) is 14.4 Å². The monoisotopic (exact) mass is 557 g/mol. The van der Waals surface area contributed by atoms with Gasteiger partial charge in [-0.15, -0.1) is 0 Å². The number of amides is 3. The number of carbonyl (C=O) groups is 3. The zero-order valence-corrected chi connectivity index (χ0v) is 21.3. The van der Waals surface area contributed by atoms with E-state index >= 15 is 0 Å². The molecule has 0 aliphatic heterocycles. The number of rotatable bonds is 8. The molecule has 0 unspecified atom stereocenters. The first-order chi connectivity index (χ1) is 18.0. The third kappa shape index (κ3) is 7.28. The van der Waals surface area contributed by atoms with Crippen LogP contribution >= 0.6 is 15.9 Å². The van der Waals surface area contributed by atoms with E-state index in [4.69, 9.17) is 4.74 Å². The lowest BCUT2D eigenvalue weighted by atomic mass is 10.1. The van der Waals surface area contributed by atoms with E-state index in [1.807, 2.05) is 36.4 Å². The molecule has 0 aromatic heterocycles. The van der Waals surface area contributed by atoms with Gasteiger partial charge in [0.15, 0.2) is 0 Å². The average Bonchev–Trinajstić information content (AvgIpc) is 2.93. The van der Waals surface area contributed by atoms with Crippen molar-refractivity contribution in [2.75, 3.05) is 11.9 Å². The number of hydrazine groups is 1. The summed E-state index contributed by atoms with van der Waals surface area (Å²) in [6, 6.07) is 30.2. The molecule has 0 spiro atoms. The number of nitrogens with one attached hydrogen (secondary N) is 3. The van der Waals surface area contributed by atoms with Gasteiger partial charge in [0.05, 0.1) is 12.2 Å². The molecule has 0 radical (unpaired) electrons. The first-order valence-electron chi connectivity index (χ1n) is 11.5. The molecule has 3 N–H and O–H groups in total. The van der Waals surface area contributed by atoms with Crippen molar-refractivity contribution in [1.82, 2.24) is 10.9 Å². The minimum atomic E-state index is -0.517. The van der Waals surface area contributed by atoms with Crippen molar-refractivity contribution in [3.8, 4) is 5.75 Å². The maximum atomic E-state index is 12.8. The highest BCUT2D eigenvalue weighted by atomic mass is 79.9. The van der Waals surface area contributed by atoms with E-state index in [1.54, 1.807) is 66.7 Å². The van der Waals surface area contributed by atoms with Gasteiger partial charge in [-0.2, -0.15) is 0 Å². The van der Waals surface area contributed by atoms with Gasteiger partial charge in [0.2, 0.25) is 0 Å². The van der Waals surface area contributed by atoms with Gasteiger partial charge in [0.1, 0.15) is 5.75 Å². The maximum Gasteiger partial charge on any atom is 0.273 e. The van der Waals surface area contributed by atoms with Crippen LogP contribution in [0.25, 0.3) is 0 Å². The summed E-state index contributed by atoms with van der Waals surface area (Å²) in [6.45, 7) is 0.394. The molecule has 0 aliphatic carbocycles. The Labute approximate surface area is 223 Å². The minimum Gasteiger partial charge on any atom is -0.492 e. The number of benzene rings is 4. The fraction of sp³-hybridized carbons (Fsp3) is 0.0690. The number of hydrogen-bond donors (Lipinski definition) is 3. The molecule has 37 heavy (non-hydrogen) atoms. The molecule has 0 bridgehead atoms. The van der Waals surface area contributed by atoms with Crippen LogP contribution in [0.4, 0.5) is 5.69 Å². The van der Waals surface area contributed by atoms with Gasteiger partial charge in [0.25, 0.3) is 17.7 Å². The predicted octanol–water partition coefficient (Wildman–Crippen LogP) is 5.40. The molecule has 0 fully saturated rings. The van der Waals surface area contributed by atoms with E-state index < -0.39 is 11.8 Å². The van der Waals surface area contributed by atoms with Crippen LogP contribution in [-0.2, 0) is 6.42 Å². The highest BCUT2D eigenvalue weighted by Crippen LogP contribution is 2.23. The van der Waals surface area contributed by atoms with E-state index in [-0.39, 0.29) is 11.5 Å². The largest absolute Gasteiger partial charge is 0.492 e. The maximum absolute atomic E-state index is 12.8. The van der Waals surface area contributed by atoms with Crippen LogP contribution < -0.4 is 20.9 Å². The molecule has 3 amide bonds. The Bertz CT molecular complexity index is 1380. The zero-order valence-electron chi connectivity index (χ0n) is 19.7. The Morgan fingerprint density at radius 2 is 1.30 bits per heavy atom. The summed E-state index contributed by atoms with van der Waals surface area (Å²) >= 11 is 3.37. The molecule has 0 aliphatic rings. The second-order valence-electron chi connectivity index (χ2n) is 8.03. The lowest BCUT2D eigenvalue weighted by molar-refractivity contribution is 0.0844. The third-order valence-corrected chi connectivity index (χ3v) is 5.90. The number of anilines is 1. The van der Waals surface area contributed by atoms with Gasteiger partial charge in [0, 0.05) is 27.7 Å². The van der Waals surface area contributed by atoms with Crippen molar-refractivity contribution >= 4 is 39.3 Å². The van der Waals surface area contributed by atoms with Gasteiger partial charge in [-0.3, -0.25) is 25.2 Å². The van der Waals surface area contributed by atoms with Crippen LogP contribution in [0.2, 0.25) is 0 Å². The highest BCUT2D eigenvalue weighted by molar-refractivity contribution is 9.10. The van der Waals surface area contributed by atoms with E-state index in [0.29, 0.717) is 40.1 Å². The van der Waals surface area contributed by atoms with Gasteiger partial charge in [-0.25, -0.2) is 0 Å². The van der Waals surface area contributed by atoms with Crippen molar-refractivity contribution in [3.63, 3.8) is 0 Å². The smallest absolute Gasteiger partial charge is 0.273 e. The van der Waals surface area contributed by atoms with Crippen LogP contribution in [0.15, 0.2) is 108 Å². The summed E-state index contributed by atoms with van der Waals surface area (Å²) in [5.74, 6) is -0.864. The molecular weight excluding hydrogens is 534 g/mol. The number of hydrogen-bond acceptors (Lipinski definition) is 4. The summed E-state index contributed by atoms with van der Waals surface area (Å²) in [7, 11) is 0. The molecule has 0 saturated carbocycles. The normalized spacial score (nSPS) is 10.3. The van der Waals surface area contributed by atoms with E-state index in [1.165, 1.54) is 0 Å². The third-order valence-electron chi connectivity index (χ3n) is 5.41. The topological polar surface area (TPSA) is 96.5 Å². The quantitative estimate of drug-likeness (QED) is 0.253. The molecule has 7 nitrogen and oxygen atoms in total. The van der Waals surface area contributed by atoms with E-state index in [2.05, 4.69) is 32.1 Å². The number of carbonyl (C=O) groups excluding carboxylic acids is 3. The molecule has 0 saturated heterocycles. The van der Waals surface area contributed by atoms with Gasteiger partial charge in [-0.05, 0) is 60.2 Å². The second-order valence-corrected chi connectivity index (χ2v) is 8.95. The number of ether oxygens (including phenoxy) is 1. The minimum absolute atomic E-state index is 0.249.